The van der Waals surface area contributed by atoms with Crippen LogP contribution in [0.3, 0.4) is 0 Å². The second-order valence-electron chi connectivity index (χ2n) is 6.64. The number of carbonyl (C=O) groups is 1. The lowest BCUT2D eigenvalue weighted by molar-refractivity contribution is 0.101. The Labute approximate surface area is 173 Å². The van der Waals surface area contributed by atoms with Gasteiger partial charge >= 0.3 is 0 Å². The Morgan fingerprint density at radius 2 is 1.83 bits per heavy atom. The van der Waals surface area contributed by atoms with Gasteiger partial charge in [-0.25, -0.2) is 4.39 Å². The molecule has 0 saturated carbocycles. The summed E-state index contributed by atoms with van der Waals surface area (Å²) in [6, 6.07) is 18.8. The van der Waals surface area contributed by atoms with Crippen molar-refractivity contribution in [1.29, 1.82) is 0 Å². The average molecular weight is 402 g/mol. The molecule has 3 aromatic carbocycles. The Morgan fingerprint density at radius 1 is 1.03 bits per heavy atom. The molecule has 0 radical (unpaired) electrons. The first-order valence-corrected chi connectivity index (χ1v) is 9.39. The highest BCUT2D eigenvalue weighted by atomic mass is 19.1. The molecule has 0 fully saturated rings. The van der Waals surface area contributed by atoms with Gasteiger partial charge in [-0.2, -0.15) is 0 Å². The van der Waals surface area contributed by atoms with E-state index >= 15 is 0 Å². The van der Waals surface area contributed by atoms with Crippen LogP contribution in [-0.4, -0.2) is 12.9 Å². The highest BCUT2D eigenvalue weighted by Crippen LogP contribution is 2.34. The Morgan fingerprint density at radius 3 is 2.63 bits per heavy atom. The van der Waals surface area contributed by atoms with Crippen molar-refractivity contribution < 1.29 is 23.4 Å². The smallest absolute Gasteiger partial charge is 0.231 e. The number of fused-ring (bicyclic) bond motifs is 1. The van der Waals surface area contributed by atoms with Crippen LogP contribution in [0.4, 0.5) is 4.39 Å². The number of carbonyl (C=O) groups excluding carboxylic acids is 1. The van der Waals surface area contributed by atoms with E-state index in [0.29, 0.717) is 17.1 Å². The Kier molecular flexibility index (Phi) is 5.61. The largest absolute Gasteiger partial charge is 0.496 e. The molecule has 0 saturated heterocycles. The lowest BCUT2D eigenvalue weighted by Gasteiger charge is -2.07. The maximum Gasteiger partial charge on any atom is 0.231 e. The van der Waals surface area contributed by atoms with Gasteiger partial charge in [0.25, 0.3) is 0 Å². The van der Waals surface area contributed by atoms with Crippen molar-refractivity contribution in [3.8, 4) is 17.2 Å². The first kappa shape index (κ1) is 19.5. The van der Waals surface area contributed by atoms with Crippen molar-refractivity contribution in [2.24, 2.45) is 0 Å². The zero-order valence-electron chi connectivity index (χ0n) is 16.3. The van der Waals surface area contributed by atoms with Crippen molar-refractivity contribution in [3.63, 3.8) is 0 Å². The predicted molar refractivity (Wildman–Crippen MR) is 112 cm³/mol. The van der Waals surface area contributed by atoms with Crippen molar-refractivity contribution in [2.45, 2.75) is 6.61 Å². The van der Waals surface area contributed by atoms with Crippen LogP contribution in [0.25, 0.3) is 6.08 Å². The van der Waals surface area contributed by atoms with E-state index in [1.165, 1.54) is 12.1 Å². The fraction of sp³-hybridized carbons (Fsp3) is 0.0800. The van der Waals surface area contributed by atoms with Gasteiger partial charge in [0.05, 0.1) is 12.7 Å². The molecule has 0 bridgehead atoms. The monoisotopic (exact) mass is 402 g/mol. The number of ether oxygens (including phenoxy) is 3. The van der Waals surface area contributed by atoms with E-state index in [-0.39, 0.29) is 24.0 Å². The van der Waals surface area contributed by atoms with Crippen LogP contribution in [0.5, 0.6) is 17.2 Å². The van der Waals surface area contributed by atoms with Crippen LogP contribution in [0.15, 0.2) is 84.6 Å². The molecule has 0 spiro atoms. The first-order chi connectivity index (χ1) is 14.6. The average Bonchev–Trinajstić information content (AvgIpc) is 3.08. The molecule has 30 heavy (non-hydrogen) atoms. The molecule has 5 heteroatoms. The van der Waals surface area contributed by atoms with Crippen LogP contribution >= 0.6 is 0 Å². The number of ketones is 1. The van der Waals surface area contributed by atoms with Crippen LogP contribution in [0.1, 0.15) is 21.5 Å². The number of hydrogen-bond acceptors (Lipinski definition) is 4. The van der Waals surface area contributed by atoms with Crippen LogP contribution in [0, 0.1) is 5.82 Å². The summed E-state index contributed by atoms with van der Waals surface area (Å²) in [5.74, 6) is 1.54. The standard InChI is InChI=1S/C25H19FO4/c1-28-22-7-3-2-5-18(22)6-4-8-23-25(27)21-14-13-20(15-24(21)30-23)29-16-17-9-11-19(26)12-10-17/h2-15H,16H2,1H3. The quantitative estimate of drug-likeness (QED) is 0.505. The third-order valence-corrected chi connectivity index (χ3v) is 4.62. The van der Waals surface area contributed by atoms with Gasteiger partial charge in [0, 0.05) is 11.6 Å². The summed E-state index contributed by atoms with van der Waals surface area (Å²) >= 11 is 0. The zero-order valence-corrected chi connectivity index (χ0v) is 16.3. The minimum Gasteiger partial charge on any atom is -0.496 e. The predicted octanol–water partition coefficient (Wildman–Crippen LogP) is 5.59. The van der Waals surface area contributed by atoms with Gasteiger partial charge in [-0.05, 0) is 42.0 Å². The van der Waals surface area contributed by atoms with Gasteiger partial charge in [0.2, 0.25) is 5.78 Å². The molecule has 0 amide bonds. The van der Waals surface area contributed by atoms with Gasteiger partial charge in [-0.3, -0.25) is 4.79 Å². The van der Waals surface area contributed by atoms with E-state index in [1.807, 2.05) is 30.3 Å². The van der Waals surface area contributed by atoms with E-state index in [2.05, 4.69) is 0 Å². The third kappa shape index (κ3) is 4.25. The van der Waals surface area contributed by atoms with E-state index in [1.54, 1.807) is 49.6 Å². The molecular weight excluding hydrogens is 383 g/mol. The second kappa shape index (κ2) is 8.66. The molecule has 3 aromatic rings. The summed E-state index contributed by atoms with van der Waals surface area (Å²) in [5, 5.41) is 0. The van der Waals surface area contributed by atoms with Gasteiger partial charge in [-0.15, -0.1) is 0 Å². The highest BCUT2D eigenvalue weighted by molar-refractivity contribution is 6.12. The number of hydrogen-bond donors (Lipinski definition) is 0. The maximum atomic E-state index is 13.0. The summed E-state index contributed by atoms with van der Waals surface area (Å²) in [7, 11) is 1.61. The number of para-hydroxylation sites is 1. The second-order valence-corrected chi connectivity index (χ2v) is 6.64. The molecule has 1 aliphatic heterocycles. The SMILES string of the molecule is COc1ccccc1C=CC=C1Oc2cc(OCc3ccc(F)cc3)ccc2C1=O. The van der Waals surface area contributed by atoms with E-state index in [4.69, 9.17) is 14.2 Å². The van der Waals surface area contributed by atoms with E-state index in [9.17, 15) is 9.18 Å². The number of Topliss-reactive ketones (excluding diaryl/α,β-unsaturated/α-hetero) is 1. The van der Waals surface area contributed by atoms with E-state index in [0.717, 1.165) is 16.9 Å². The molecule has 1 aliphatic rings. The van der Waals surface area contributed by atoms with Gasteiger partial charge in [-0.1, -0.05) is 42.5 Å². The van der Waals surface area contributed by atoms with Crippen molar-refractivity contribution in [1.82, 2.24) is 0 Å². The molecule has 4 rings (SSSR count). The van der Waals surface area contributed by atoms with Crippen LogP contribution < -0.4 is 14.2 Å². The number of rotatable bonds is 6. The van der Waals surface area contributed by atoms with Gasteiger partial charge in [0.1, 0.15) is 29.7 Å². The highest BCUT2D eigenvalue weighted by Gasteiger charge is 2.27. The normalized spacial score (nSPS) is 14.1. The number of allylic oxidation sites excluding steroid dienone is 3. The van der Waals surface area contributed by atoms with Crippen LogP contribution in [0.2, 0.25) is 0 Å². The fourth-order valence-corrected chi connectivity index (χ4v) is 3.06. The third-order valence-electron chi connectivity index (χ3n) is 4.62. The molecule has 1 heterocycles. The minimum atomic E-state index is -0.290. The molecule has 0 N–H and O–H groups in total. The number of halogens is 1. The Hall–Kier alpha value is -3.86. The molecular formula is C25H19FO4. The van der Waals surface area contributed by atoms with Crippen LogP contribution in [-0.2, 0) is 6.61 Å². The van der Waals surface area contributed by atoms with Crippen molar-refractivity contribution in [3.05, 3.63) is 107 Å². The summed E-state index contributed by atoms with van der Waals surface area (Å²) in [6.07, 6.45) is 5.24. The summed E-state index contributed by atoms with van der Waals surface area (Å²) in [6.45, 7) is 0.289. The summed E-state index contributed by atoms with van der Waals surface area (Å²) in [5.41, 5.74) is 2.23. The topological polar surface area (TPSA) is 44.8 Å². The first-order valence-electron chi connectivity index (χ1n) is 9.39. The lowest BCUT2D eigenvalue weighted by Crippen LogP contribution is -1.97. The molecule has 150 valence electrons. The summed E-state index contributed by atoms with van der Waals surface area (Å²) < 4.78 is 29.8. The number of methoxy groups -OCH3 is 1. The fourth-order valence-electron chi connectivity index (χ4n) is 3.06. The summed E-state index contributed by atoms with van der Waals surface area (Å²) in [4.78, 5) is 12.6. The number of benzene rings is 3. The van der Waals surface area contributed by atoms with Crippen molar-refractivity contribution in [2.75, 3.05) is 7.11 Å². The molecule has 0 aromatic heterocycles. The maximum absolute atomic E-state index is 13.0. The molecule has 0 aliphatic carbocycles. The Bertz CT molecular complexity index is 1130. The lowest BCUT2D eigenvalue weighted by atomic mass is 10.1. The van der Waals surface area contributed by atoms with Gasteiger partial charge in [0.15, 0.2) is 5.76 Å². The molecule has 0 unspecified atom stereocenters. The van der Waals surface area contributed by atoms with E-state index < -0.39 is 0 Å². The molecule has 4 nitrogen and oxygen atoms in total. The Balaban J connectivity index is 1.45. The minimum absolute atomic E-state index is 0.181. The zero-order chi connectivity index (χ0) is 20.9. The molecule has 0 atom stereocenters. The van der Waals surface area contributed by atoms with Crippen molar-refractivity contribution >= 4 is 11.9 Å². The van der Waals surface area contributed by atoms with Gasteiger partial charge < -0.3 is 14.2 Å².